The van der Waals surface area contributed by atoms with Gasteiger partial charge in [0, 0.05) is 6.42 Å². The Labute approximate surface area is 115 Å². The molecule has 9 nitrogen and oxygen atoms in total. The van der Waals surface area contributed by atoms with Gasteiger partial charge in [-0.05, 0) is 12.8 Å². The van der Waals surface area contributed by atoms with Crippen LogP contribution in [0, 0.1) is 0 Å². The number of carbonyl (C=O) groups excluding carboxylic acids is 2. The van der Waals surface area contributed by atoms with Gasteiger partial charge in [0.2, 0.25) is 5.91 Å². The Balaban J connectivity index is 4.47. The first-order chi connectivity index (χ1) is 9.27. The standard InChI is InChI=1S/C11H19N3O6/c1-2-3-6(9(16)17)13-11(20)14-7(10(18)19)4-5-8(12)15/h6-7H,2-5H2,1H3,(H2,12,15)(H,16,17)(H,18,19)(H2,13,14,20)/t6-,7?/m0/s1. The van der Waals surface area contributed by atoms with Crippen molar-refractivity contribution in [2.75, 3.05) is 0 Å². The molecule has 3 amide bonds. The third-order valence-electron chi connectivity index (χ3n) is 2.46. The van der Waals surface area contributed by atoms with Gasteiger partial charge in [-0.25, -0.2) is 14.4 Å². The number of amides is 3. The predicted molar refractivity (Wildman–Crippen MR) is 67.9 cm³/mol. The minimum atomic E-state index is -1.33. The number of nitrogens with one attached hydrogen (secondary N) is 2. The lowest BCUT2D eigenvalue weighted by molar-refractivity contribution is -0.139. The maximum atomic E-state index is 11.5. The molecule has 0 aliphatic rings. The summed E-state index contributed by atoms with van der Waals surface area (Å²) < 4.78 is 0. The van der Waals surface area contributed by atoms with E-state index in [1.165, 1.54) is 0 Å². The summed E-state index contributed by atoms with van der Waals surface area (Å²) in [5.41, 5.74) is 4.89. The molecule has 0 aromatic heterocycles. The van der Waals surface area contributed by atoms with Crippen molar-refractivity contribution in [2.24, 2.45) is 5.73 Å². The highest BCUT2D eigenvalue weighted by Crippen LogP contribution is 1.99. The Morgan fingerprint density at radius 1 is 1.00 bits per heavy atom. The van der Waals surface area contributed by atoms with Crippen LogP contribution >= 0.6 is 0 Å². The molecule has 0 saturated heterocycles. The molecule has 0 rings (SSSR count). The SMILES string of the molecule is CCC[C@H](NC(=O)NC(CCC(N)=O)C(=O)O)C(=O)O. The average molecular weight is 289 g/mol. The van der Waals surface area contributed by atoms with Crippen molar-refractivity contribution in [3.63, 3.8) is 0 Å². The zero-order chi connectivity index (χ0) is 15.7. The van der Waals surface area contributed by atoms with Crippen molar-refractivity contribution in [3.05, 3.63) is 0 Å². The molecule has 20 heavy (non-hydrogen) atoms. The van der Waals surface area contributed by atoms with Crippen molar-refractivity contribution in [2.45, 2.75) is 44.7 Å². The number of aliphatic carboxylic acids is 2. The van der Waals surface area contributed by atoms with Crippen LogP contribution in [0.15, 0.2) is 0 Å². The van der Waals surface area contributed by atoms with Crippen LogP contribution in [0.25, 0.3) is 0 Å². The van der Waals surface area contributed by atoms with E-state index in [1.54, 1.807) is 6.92 Å². The van der Waals surface area contributed by atoms with E-state index in [9.17, 15) is 19.2 Å². The second-order valence-electron chi connectivity index (χ2n) is 4.19. The zero-order valence-corrected chi connectivity index (χ0v) is 11.1. The molecule has 114 valence electrons. The molecule has 0 aromatic rings. The zero-order valence-electron chi connectivity index (χ0n) is 11.1. The minimum Gasteiger partial charge on any atom is -0.480 e. The first kappa shape index (κ1) is 17.7. The predicted octanol–water partition coefficient (Wildman–Crippen LogP) is -0.742. The van der Waals surface area contributed by atoms with Gasteiger partial charge in [0.05, 0.1) is 0 Å². The van der Waals surface area contributed by atoms with E-state index in [1.807, 2.05) is 0 Å². The molecular weight excluding hydrogens is 270 g/mol. The van der Waals surface area contributed by atoms with Gasteiger partial charge >= 0.3 is 18.0 Å². The normalized spacial score (nSPS) is 13.1. The van der Waals surface area contributed by atoms with Crippen LogP contribution in [0.3, 0.4) is 0 Å². The first-order valence-corrected chi connectivity index (χ1v) is 6.08. The average Bonchev–Trinajstić information content (AvgIpc) is 2.33. The van der Waals surface area contributed by atoms with E-state index in [4.69, 9.17) is 15.9 Å². The lowest BCUT2D eigenvalue weighted by Crippen LogP contribution is -2.51. The number of carbonyl (C=O) groups is 4. The van der Waals surface area contributed by atoms with Gasteiger partial charge in [0.1, 0.15) is 12.1 Å². The van der Waals surface area contributed by atoms with Gasteiger partial charge in [0.15, 0.2) is 0 Å². The summed E-state index contributed by atoms with van der Waals surface area (Å²) >= 11 is 0. The topological polar surface area (TPSA) is 159 Å². The quantitative estimate of drug-likeness (QED) is 0.376. The van der Waals surface area contributed by atoms with E-state index in [2.05, 4.69) is 10.6 Å². The molecule has 0 fully saturated rings. The van der Waals surface area contributed by atoms with Gasteiger partial charge in [-0.15, -0.1) is 0 Å². The number of hydrogen-bond acceptors (Lipinski definition) is 4. The molecule has 0 radical (unpaired) electrons. The molecule has 2 atom stereocenters. The summed E-state index contributed by atoms with van der Waals surface area (Å²) in [7, 11) is 0. The summed E-state index contributed by atoms with van der Waals surface area (Å²) in [6, 6.07) is -3.31. The third kappa shape index (κ3) is 7.19. The van der Waals surface area contributed by atoms with Crippen molar-refractivity contribution in [3.8, 4) is 0 Å². The summed E-state index contributed by atoms with van der Waals surface area (Å²) in [6.07, 6.45) is 0.404. The maximum absolute atomic E-state index is 11.5. The summed E-state index contributed by atoms with van der Waals surface area (Å²) in [5.74, 6) is -3.22. The number of carboxylic acid groups (broad SMARTS) is 2. The van der Waals surface area contributed by atoms with Crippen LogP contribution < -0.4 is 16.4 Å². The van der Waals surface area contributed by atoms with Crippen molar-refractivity contribution >= 4 is 23.9 Å². The lowest BCUT2D eigenvalue weighted by Gasteiger charge is -2.17. The molecule has 0 bridgehead atoms. The van der Waals surface area contributed by atoms with Crippen LogP contribution in [0.2, 0.25) is 0 Å². The second-order valence-corrected chi connectivity index (χ2v) is 4.19. The number of rotatable bonds is 9. The van der Waals surface area contributed by atoms with Gasteiger partial charge in [0.25, 0.3) is 0 Å². The van der Waals surface area contributed by atoms with Crippen LogP contribution in [-0.2, 0) is 14.4 Å². The highest BCUT2D eigenvalue weighted by Gasteiger charge is 2.24. The number of carboxylic acids is 2. The Hall–Kier alpha value is -2.32. The van der Waals surface area contributed by atoms with Gasteiger partial charge in [-0.2, -0.15) is 0 Å². The smallest absolute Gasteiger partial charge is 0.326 e. The van der Waals surface area contributed by atoms with Crippen LogP contribution in [-0.4, -0.2) is 46.2 Å². The molecule has 0 aromatic carbocycles. The Kier molecular flexibility index (Phi) is 7.71. The molecule has 1 unspecified atom stereocenters. The first-order valence-electron chi connectivity index (χ1n) is 6.08. The van der Waals surface area contributed by atoms with E-state index in [0.717, 1.165) is 0 Å². The fraction of sp³-hybridized carbons (Fsp3) is 0.636. The van der Waals surface area contributed by atoms with Gasteiger partial charge in [-0.3, -0.25) is 4.79 Å². The van der Waals surface area contributed by atoms with Crippen molar-refractivity contribution in [1.29, 1.82) is 0 Å². The van der Waals surface area contributed by atoms with Crippen LogP contribution in [0.5, 0.6) is 0 Å². The summed E-state index contributed by atoms with van der Waals surface area (Å²) in [6.45, 7) is 1.75. The molecular formula is C11H19N3O6. The molecule has 0 spiro atoms. The fourth-order valence-corrected chi connectivity index (χ4v) is 1.45. The summed E-state index contributed by atoms with van der Waals surface area (Å²) in [4.78, 5) is 43.8. The number of hydrogen-bond donors (Lipinski definition) is 5. The largest absolute Gasteiger partial charge is 0.480 e. The van der Waals surface area contributed by atoms with Gasteiger partial charge in [-0.1, -0.05) is 13.3 Å². The third-order valence-corrected chi connectivity index (χ3v) is 2.46. The summed E-state index contributed by atoms with van der Waals surface area (Å²) in [5, 5.41) is 22.0. The van der Waals surface area contributed by atoms with E-state index >= 15 is 0 Å². The van der Waals surface area contributed by atoms with E-state index in [0.29, 0.717) is 6.42 Å². The van der Waals surface area contributed by atoms with E-state index in [-0.39, 0.29) is 19.3 Å². The minimum absolute atomic E-state index is 0.163. The van der Waals surface area contributed by atoms with Crippen molar-refractivity contribution < 1.29 is 29.4 Å². The molecule has 9 heteroatoms. The molecule has 0 aliphatic carbocycles. The van der Waals surface area contributed by atoms with Crippen LogP contribution in [0.1, 0.15) is 32.6 Å². The molecule has 0 heterocycles. The van der Waals surface area contributed by atoms with E-state index < -0.39 is 36.0 Å². The number of nitrogens with two attached hydrogens (primary N) is 1. The second kappa shape index (κ2) is 8.73. The Bertz CT molecular complexity index is 384. The Morgan fingerprint density at radius 3 is 1.80 bits per heavy atom. The molecule has 0 saturated carbocycles. The fourth-order valence-electron chi connectivity index (χ4n) is 1.45. The lowest BCUT2D eigenvalue weighted by atomic mass is 10.1. The maximum Gasteiger partial charge on any atom is 0.326 e. The molecule has 0 aliphatic heterocycles. The van der Waals surface area contributed by atoms with Crippen LogP contribution in [0.4, 0.5) is 4.79 Å². The highest BCUT2D eigenvalue weighted by atomic mass is 16.4. The number of urea groups is 1. The molecule has 6 N–H and O–H groups in total. The monoisotopic (exact) mass is 289 g/mol. The number of primary amides is 1. The Morgan fingerprint density at radius 2 is 1.45 bits per heavy atom. The highest BCUT2D eigenvalue weighted by molar-refractivity contribution is 5.86. The van der Waals surface area contributed by atoms with Crippen molar-refractivity contribution in [1.82, 2.24) is 10.6 Å². The van der Waals surface area contributed by atoms with Gasteiger partial charge < -0.3 is 26.6 Å².